The summed E-state index contributed by atoms with van der Waals surface area (Å²) in [5.41, 5.74) is 2.63. The Morgan fingerprint density at radius 2 is 2.12 bits per heavy atom. The van der Waals surface area contributed by atoms with E-state index in [1.54, 1.807) is 4.68 Å². The molecule has 0 saturated heterocycles. The summed E-state index contributed by atoms with van der Waals surface area (Å²) >= 11 is 0. The van der Waals surface area contributed by atoms with Crippen molar-refractivity contribution in [2.45, 2.75) is 13.3 Å². The SMILES string of the molecule is CCc1cn(-c2ccc(NC=O)cc2)nn1. The van der Waals surface area contributed by atoms with E-state index < -0.39 is 0 Å². The smallest absolute Gasteiger partial charge is 0.211 e. The lowest BCUT2D eigenvalue weighted by Crippen LogP contribution is -1.97. The average molecular weight is 216 g/mol. The molecule has 0 spiro atoms. The number of aromatic nitrogens is 3. The van der Waals surface area contributed by atoms with Crippen LogP contribution in [0.15, 0.2) is 30.5 Å². The minimum absolute atomic E-state index is 0.652. The minimum Gasteiger partial charge on any atom is -0.329 e. The molecule has 1 aromatic heterocycles. The molecule has 0 atom stereocenters. The number of benzene rings is 1. The van der Waals surface area contributed by atoms with Gasteiger partial charge in [0, 0.05) is 5.69 Å². The van der Waals surface area contributed by atoms with Gasteiger partial charge >= 0.3 is 0 Å². The van der Waals surface area contributed by atoms with E-state index in [4.69, 9.17) is 0 Å². The molecular weight excluding hydrogens is 204 g/mol. The zero-order valence-corrected chi connectivity index (χ0v) is 8.92. The van der Waals surface area contributed by atoms with Gasteiger partial charge in [0.25, 0.3) is 0 Å². The van der Waals surface area contributed by atoms with Crippen LogP contribution in [0.4, 0.5) is 5.69 Å². The largest absolute Gasteiger partial charge is 0.329 e. The summed E-state index contributed by atoms with van der Waals surface area (Å²) in [5, 5.41) is 10.6. The number of hydrogen-bond donors (Lipinski definition) is 1. The van der Waals surface area contributed by atoms with E-state index >= 15 is 0 Å². The van der Waals surface area contributed by atoms with E-state index in [1.807, 2.05) is 37.4 Å². The molecule has 1 aromatic carbocycles. The lowest BCUT2D eigenvalue weighted by atomic mass is 10.3. The Labute approximate surface area is 93.1 Å². The van der Waals surface area contributed by atoms with Gasteiger partial charge < -0.3 is 5.32 Å². The first kappa shape index (κ1) is 10.4. The number of rotatable bonds is 4. The summed E-state index contributed by atoms with van der Waals surface area (Å²) in [6.07, 6.45) is 3.41. The highest BCUT2D eigenvalue weighted by Crippen LogP contribution is 2.12. The second-order valence-corrected chi connectivity index (χ2v) is 3.32. The van der Waals surface area contributed by atoms with E-state index in [9.17, 15) is 4.79 Å². The third-order valence-electron chi connectivity index (χ3n) is 2.26. The first-order valence-electron chi connectivity index (χ1n) is 5.05. The molecule has 0 aliphatic heterocycles. The molecule has 0 unspecified atom stereocenters. The first-order valence-corrected chi connectivity index (χ1v) is 5.05. The van der Waals surface area contributed by atoms with Crippen molar-refractivity contribution in [2.24, 2.45) is 0 Å². The predicted molar refractivity (Wildman–Crippen MR) is 60.4 cm³/mol. The molecular formula is C11H12N4O. The molecule has 2 rings (SSSR count). The number of nitrogens with one attached hydrogen (secondary N) is 1. The number of nitrogens with zero attached hydrogens (tertiary/aromatic N) is 3. The summed E-state index contributed by atoms with van der Waals surface area (Å²) in [4.78, 5) is 10.2. The molecule has 5 heteroatoms. The third kappa shape index (κ3) is 2.08. The average Bonchev–Trinajstić information content (AvgIpc) is 2.79. The summed E-state index contributed by atoms with van der Waals surface area (Å²) in [6, 6.07) is 7.38. The van der Waals surface area contributed by atoms with Crippen LogP contribution >= 0.6 is 0 Å². The third-order valence-corrected chi connectivity index (χ3v) is 2.26. The number of carbonyl (C=O) groups is 1. The van der Waals surface area contributed by atoms with Gasteiger partial charge in [-0.3, -0.25) is 4.79 Å². The maximum absolute atomic E-state index is 10.2. The van der Waals surface area contributed by atoms with Gasteiger partial charge in [0.1, 0.15) is 0 Å². The summed E-state index contributed by atoms with van der Waals surface area (Å²) in [5.74, 6) is 0. The van der Waals surface area contributed by atoms with Gasteiger partial charge in [-0.25, -0.2) is 4.68 Å². The molecule has 5 nitrogen and oxygen atoms in total. The van der Waals surface area contributed by atoms with Crippen molar-refractivity contribution in [3.63, 3.8) is 0 Å². The van der Waals surface area contributed by atoms with Gasteiger partial charge in [0.05, 0.1) is 17.6 Å². The van der Waals surface area contributed by atoms with Crippen LogP contribution in [0.5, 0.6) is 0 Å². The number of anilines is 1. The Morgan fingerprint density at radius 3 is 2.69 bits per heavy atom. The standard InChI is InChI=1S/C11H12N4O/c1-2-9-7-15(14-13-9)11-5-3-10(4-6-11)12-8-16/h3-8H,2H2,1H3,(H,12,16). The van der Waals surface area contributed by atoms with Crippen LogP contribution in [-0.4, -0.2) is 21.4 Å². The Morgan fingerprint density at radius 1 is 1.38 bits per heavy atom. The van der Waals surface area contributed by atoms with Crippen LogP contribution in [-0.2, 0) is 11.2 Å². The molecule has 0 radical (unpaired) electrons. The Bertz CT molecular complexity index is 475. The van der Waals surface area contributed by atoms with Gasteiger partial charge in [-0.15, -0.1) is 5.10 Å². The van der Waals surface area contributed by atoms with Crippen molar-refractivity contribution in [1.82, 2.24) is 15.0 Å². The predicted octanol–water partition coefficient (Wildman–Crippen LogP) is 1.40. The Hall–Kier alpha value is -2.17. The zero-order valence-electron chi connectivity index (χ0n) is 8.92. The Balaban J connectivity index is 2.23. The highest BCUT2D eigenvalue weighted by atomic mass is 16.1. The van der Waals surface area contributed by atoms with Gasteiger partial charge in [-0.05, 0) is 30.7 Å². The molecule has 0 fully saturated rings. The molecule has 0 saturated carbocycles. The normalized spacial score (nSPS) is 10.1. The highest BCUT2D eigenvalue weighted by Gasteiger charge is 2.00. The molecule has 0 bridgehead atoms. The summed E-state index contributed by atoms with van der Waals surface area (Å²) in [7, 11) is 0. The fourth-order valence-corrected chi connectivity index (χ4v) is 1.37. The minimum atomic E-state index is 0.652. The topological polar surface area (TPSA) is 59.8 Å². The van der Waals surface area contributed by atoms with Crippen molar-refractivity contribution < 1.29 is 4.79 Å². The highest BCUT2D eigenvalue weighted by molar-refractivity contribution is 5.71. The van der Waals surface area contributed by atoms with Gasteiger partial charge in [0.15, 0.2) is 0 Å². The lowest BCUT2D eigenvalue weighted by molar-refractivity contribution is -0.105. The van der Waals surface area contributed by atoms with Crippen LogP contribution < -0.4 is 5.32 Å². The second-order valence-electron chi connectivity index (χ2n) is 3.32. The monoisotopic (exact) mass is 216 g/mol. The fraction of sp³-hybridized carbons (Fsp3) is 0.182. The van der Waals surface area contributed by atoms with Crippen LogP contribution in [0.3, 0.4) is 0 Å². The zero-order chi connectivity index (χ0) is 11.4. The number of aryl methyl sites for hydroxylation is 1. The van der Waals surface area contributed by atoms with E-state index in [-0.39, 0.29) is 0 Å². The van der Waals surface area contributed by atoms with Crippen LogP contribution in [0.1, 0.15) is 12.6 Å². The number of amides is 1. The maximum atomic E-state index is 10.2. The first-order chi connectivity index (χ1) is 7.83. The van der Waals surface area contributed by atoms with Crippen LogP contribution in [0, 0.1) is 0 Å². The number of carbonyl (C=O) groups excluding carboxylic acids is 1. The summed E-state index contributed by atoms with van der Waals surface area (Å²) < 4.78 is 1.71. The maximum Gasteiger partial charge on any atom is 0.211 e. The van der Waals surface area contributed by atoms with Crippen molar-refractivity contribution in [2.75, 3.05) is 5.32 Å². The van der Waals surface area contributed by atoms with Gasteiger partial charge in [0.2, 0.25) is 6.41 Å². The van der Waals surface area contributed by atoms with E-state index in [0.717, 1.165) is 23.5 Å². The molecule has 1 amide bonds. The fourth-order valence-electron chi connectivity index (χ4n) is 1.37. The molecule has 2 aromatic rings. The second kappa shape index (κ2) is 4.57. The van der Waals surface area contributed by atoms with E-state index in [1.165, 1.54) is 0 Å². The van der Waals surface area contributed by atoms with Crippen molar-refractivity contribution >= 4 is 12.1 Å². The van der Waals surface area contributed by atoms with Crippen molar-refractivity contribution in [3.8, 4) is 5.69 Å². The molecule has 82 valence electrons. The molecule has 0 aliphatic carbocycles. The molecule has 16 heavy (non-hydrogen) atoms. The van der Waals surface area contributed by atoms with E-state index in [2.05, 4.69) is 15.6 Å². The van der Waals surface area contributed by atoms with Crippen LogP contribution in [0.25, 0.3) is 5.69 Å². The van der Waals surface area contributed by atoms with E-state index in [0.29, 0.717) is 6.41 Å². The van der Waals surface area contributed by atoms with Gasteiger partial charge in [-0.2, -0.15) is 0 Å². The molecule has 1 N–H and O–H groups in total. The van der Waals surface area contributed by atoms with Gasteiger partial charge in [-0.1, -0.05) is 12.1 Å². The lowest BCUT2D eigenvalue weighted by Gasteiger charge is -2.01. The summed E-state index contributed by atoms with van der Waals surface area (Å²) in [6.45, 7) is 2.03. The van der Waals surface area contributed by atoms with Crippen molar-refractivity contribution in [3.05, 3.63) is 36.2 Å². The van der Waals surface area contributed by atoms with Crippen LogP contribution in [0.2, 0.25) is 0 Å². The quantitative estimate of drug-likeness (QED) is 0.786. The molecule has 0 aliphatic rings. The number of hydrogen-bond acceptors (Lipinski definition) is 3. The van der Waals surface area contributed by atoms with Crippen molar-refractivity contribution in [1.29, 1.82) is 0 Å². The molecule has 1 heterocycles. The Kier molecular flexibility index (Phi) is 2.95.